The smallest absolute Gasteiger partial charge is 0.162 e. The summed E-state index contributed by atoms with van der Waals surface area (Å²) in [4.78, 5) is 0. The van der Waals surface area contributed by atoms with Gasteiger partial charge >= 0.3 is 0 Å². The summed E-state index contributed by atoms with van der Waals surface area (Å²) in [7, 11) is 0. The summed E-state index contributed by atoms with van der Waals surface area (Å²) in [5, 5.41) is 0.171. The lowest BCUT2D eigenvalue weighted by molar-refractivity contribution is 0.494. The molecule has 1 nitrogen and oxygen atoms in total. The normalized spacial score (nSPS) is 12.5. The standard InChI is InChI=1S/C14H11ClF3N/c15-11-7-9(16)4-5-10(11)13(19)6-8-2-1-3-12(17)14(8)18/h1-5,7,13H,6,19H2. The Kier molecular flexibility index (Phi) is 4.12. The summed E-state index contributed by atoms with van der Waals surface area (Å²) >= 11 is 5.87. The average molecular weight is 286 g/mol. The molecule has 0 amide bonds. The Balaban J connectivity index is 2.25. The molecule has 0 heterocycles. The van der Waals surface area contributed by atoms with Crippen molar-refractivity contribution in [3.8, 4) is 0 Å². The first-order valence-corrected chi connectivity index (χ1v) is 6.00. The fourth-order valence-corrected chi connectivity index (χ4v) is 2.16. The van der Waals surface area contributed by atoms with Crippen molar-refractivity contribution in [3.63, 3.8) is 0 Å². The van der Waals surface area contributed by atoms with Crippen LogP contribution in [-0.4, -0.2) is 0 Å². The van der Waals surface area contributed by atoms with Gasteiger partial charge in [-0.2, -0.15) is 0 Å². The molecule has 0 saturated carbocycles. The van der Waals surface area contributed by atoms with E-state index in [-0.39, 0.29) is 17.0 Å². The minimum absolute atomic E-state index is 0.0783. The van der Waals surface area contributed by atoms with Crippen molar-refractivity contribution in [2.45, 2.75) is 12.5 Å². The molecule has 0 aliphatic rings. The van der Waals surface area contributed by atoms with Crippen LogP contribution in [0.4, 0.5) is 13.2 Å². The van der Waals surface area contributed by atoms with Gasteiger partial charge in [0.2, 0.25) is 0 Å². The summed E-state index contributed by atoms with van der Waals surface area (Å²) in [6.07, 6.45) is 0.0783. The van der Waals surface area contributed by atoms with E-state index in [2.05, 4.69) is 0 Å². The number of hydrogen-bond acceptors (Lipinski definition) is 1. The minimum atomic E-state index is -0.921. The maximum Gasteiger partial charge on any atom is 0.162 e. The monoisotopic (exact) mass is 285 g/mol. The first-order valence-electron chi connectivity index (χ1n) is 5.62. The number of rotatable bonds is 3. The van der Waals surface area contributed by atoms with Gasteiger partial charge in [0.05, 0.1) is 0 Å². The van der Waals surface area contributed by atoms with Gasteiger partial charge in [0, 0.05) is 11.1 Å². The molecule has 1 unspecified atom stereocenters. The fraction of sp³-hybridized carbons (Fsp3) is 0.143. The quantitative estimate of drug-likeness (QED) is 0.906. The van der Waals surface area contributed by atoms with Crippen LogP contribution in [0.25, 0.3) is 0 Å². The van der Waals surface area contributed by atoms with E-state index in [0.717, 1.165) is 12.1 Å². The van der Waals surface area contributed by atoms with E-state index in [9.17, 15) is 13.2 Å². The Morgan fingerprint density at radius 1 is 1.11 bits per heavy atom. The fourth-order valence-electron chi connectivity index (χ4n) is 1.86. The average Bonchev–Trinajstić information content (AvgIpc) is 2.34. The molecule has 0 aromatic heterocycles. The summed E-state index contributed by atoms with van der Waals surface area (Å²) in [5.41, 5.74) is 6.55. The summed E-state index contributed by atoms with van der Waals surface area (Å²) in [6.45, 7) is 0. The molecule has 0 aliphatic carbocycles. The van der Waals surface area contributed by atoms with Crippen LogP contribution >= 0.6 is 11.6 Å². The molecule has 1 atom stereocenters. The van der Waals surface area contributed by atoms with Gasteiger partial charge in [-0.25, -0.2) is 13.2 Å². The zero-order valence-corrected chi connectivity index (χ0v) is 10.6. The molecule has 0 saturated heterocycles. The molecule has 2 aromatic rings. The Hall–Kier alpha value is -1.52. The molecule has 2 rings (SSSR count). The highest BCUT2D eigenvalue weighted by Gasteiger charge is 2.15. The minimum Gasteiger partial charge on any atom is -0.324 e. The maximum atomic E-state index is 13.5. The van der Waals surface area contributed by atoms with E-state index in [0.29, 0.717) is 5.56 Å². The van der Waals surface area contributed by atoms with E-state index >= 15 is 0 Å². The predicted octanol–water partition coefficient (Wildman–Crippen LogP) is 4.00. The van der Waals surface area contributed by atoms with E-state index in [1.807, 2.05) is 0 Å². The molecular formula is C14H11ClF3N. The van der Waals surface area contributed by atoms with Crippen molar-refractivity contribution >= 4 is 11.6 Å². The van der Waals surface area contributed by atoms with Crippen LogP contribution in [0.3, 0.4) is 0 Å². The van der Waals surface area contributed by atoms with Crippen molar-refractivity contribution in [3.05, 3.63) is 70.0 Å². The van der Waals surface area contributed by atoms with Crippen LogP contribution in [0, 0.1) is 17.5 Å². The third kappa shape index (κ3) is 3.08. The van der Waals surface area contributed by atoms with Gasteiger partial charge in [0.1, 0.15) is 5.82 Å². The van der Waals surface area contributed by atoms with Crippen LogP contribution in [0.2, 0.25) is 5.02 Å². The van der Waals surface area contributed by atoms with Crippen molar-refractivity contribution in [1.29, 1.82) is 0 Å². The summed E-state index contributed by atoms with van der Waals surface area (Å²) < 4.78 is 39.5. The number of benzene rings is 2. The summed E-state index contributed by atoms with van der Waals surface area (Å²) in [5.74, 6) is -2.32. The van der Waals surface area contributed by atoms with Gasteiger partial charge in [-0.15, -0.1) is 0 Å². The maximum absolute atomic E-state index is 13.5. The lowest BCUT2D eigenvalue weighted by Crippen LogP contribution is -2.15. The second-order valence-corrected chi connectivity index (χ2v) is 4.60. The second kappa shape index (κ2) is 5.63. The van der Waals surface area contributed by atoms with Crippen molar-refractivity contribution < 1.29 is 13.2 Å². The topological polar surface area (TPSA) is 26.0 Å². The van der Waals surface area contributed by atoms with Gasteiger partial charge in [-0.05, 0) is 35.7 Å². The molecular weight excluding hydrogens is 275 g/mol. The molecule has 0 bridgehead atoms. The molecule has 2 N–H and O–H groups in total. The number of hydrogen-bond donors (Lipinski definition) is 1. The van der Waals surface area contributed by atoms with Gasteiger partial charge in [0.15, 0.2) is 11.6 Å². The van der Waals surface area contributed by atoms with Crippen molar-refractivity contribution in [2.75, 3.05) is 0 Å². The molecule has 0 radical (unpaired) electrons. The molecule has 0 aliphatic heterocycles. The van der Waals surface area contributed by atoms with E-state index < -0.39 is 23.5 Å². The highest BCUT2D eigenvalue weighted by molar-refractivity contribution is 6.31. The lowest BCUT2D eigenvalue weighted by Gasteiger charge is -2.14. The Morgan fingerprint density at radius 2 is 1.84 bits per heavy atom. The molecule has 2 aromatic carbocycles. The Morgan fingerprint density at radius 3 is 2.53 bits per heavy atom. The van der Waals surface area contributed by atoms with Crippen molar-refractivity contribution in [2.24, 2.45) is 5.73 Å². The zero-order valence-electron chi connectivity index (χ0n) is 9.84. The van der Waals surface area contributed by atoms with E-state index in [1.54, 1.807) is 0 Å². The first-order chi connectivity index (χ1) is 8.99. The lowest BCUT2D eigenvalue weighted by atomic mass is 9.99. The second-order valence-electron chi connectivity index (χ2n) is 4.19. The third-order valence-corrected chi connectivity index (χ3v) is 3.16. The van der Waals surface area contributed by atoms with Crippen LogP contribution < -0.4 is 5.73 Å². The predicted molar refractivity (Wildman–Crippen MR) is 68.4 cm³/mol. The van der Waals surface area contributed by atoms with Crippen LogP contribution in [0.5, 0.6) is 0 Å². The highest BCUT2D eigenvalue weighted by atomic mass is 35.5. The molecule has 5 heteroatoms. The zero-order chi connectivity index (χ0) is 14.0. The van der Waals surface area contributed by atoms with Gasteiger partial charge < -0.3 is 5.73 Å². The number of nitrogens with two attached hydrogens (primary N) is 1. The third-order valence-electron chi connectivity index (χ3n) is 2.83. The Bertz CT molecular complexity index is 601. The molecule has 0 fully saturated rings. The van der Waals surface area contributed by atoms with Crippen LogP contribution in [0.1, 0.15) is 17.2 Å². The molecule has 0 spiro atoms. The van der Waals surface area contributed by atoms with Gasteiger partial charge in [-0.1, -0.05) is 29.8 Å². The van der Waals surface area contributed by atoms with Gasteiger partial charge in [-0.3, -0.25) is 0 Å². The largest absolute Gasteiger partial charge is 0.324 e. The van der Waals surface area contributed by atoms with Crippen molar-refractivity contribution in [1.82, 2.24) is 0 Å². The van der Waals surface area contributed by atoms with Crippen LogP contribution in [-0.2, 0) is 6.42 Å². The summed E-state index contributed by atoms with van der Waals surface area (Å²) in [6, 6.07) is 7.07. The van der Waals surface area contributed by atoms with E-state index in [1.165, 1.54) is 24.3 Å². The molecule has 19 heavy (non-hydrogen) atoms. The number of halogens is 4. The highest BCUT2D eigenvalue weighted by Crippen LogP contribution is 2.26. The van der Waals surface area contributed by atoms with Crippen LogP contribution in [0.15, 0.2) is 36.4 Å². The van der Waals surface area contributed by atoms with E-state index in [4.69, 9.17) is 17.3 Å². The first kappa shape index (κ1) is 13.9. The Labute approximate surface area is 113 Å². The van der Waals surface area contributed by atoms with Gasteiger partial charge in [0.25, 0.3) is 0 Å². The molecule has 100 valence electrons. The SMILES string of the molecule is NC(Cc1cccc(F)c1F)c1ccc(F)cc1Cl.